The van der Waals surface area contributed by atoms with Crippen molar-refractivity contribution >= 4 is 35.0 Å². The van der Waals surface area contributed by atoms with Crippen LogP contribution in [0.2, 0.25) is 0 Å². The van der Waals surface area contributed by atoms with Gasteiger partial charge in [0.2, 0.25) is 5.91 Å². The Morgan fingerprint density at radius 1 is 1.30 bits per heavy atom. The van der Waals surface area contributed by atoms with Gasteiger partial charge in [0.25, 0.3) is 0 Å². The lowest BCUT2D eigenvalue weighted by Crippen LogP contribution is -2.39. The number of thiazole rings is 1. The molecule has 1 atom stereocenters. The van der Waals surface area contributed by atoms with Crippen LogP contribution in [0.3, 0.4) is 0 Å². The molecule has 1 saturated heterocycles. The number of aromatic nitrogens is 5. The van der Waals surface area contributed by atoms with Gasteiger partial charge in [-0.15, -0.1) is 11.3 Å². The second-order valence-electron chi connectivity index (χ2n) is 7.23. The number of hydrogen-bond donors (Lipinski definition) is 1. The van der Waals surface area contributed by atoms with Crippen LogP contribution in [0.1, 0.15) is 29.2 Å². The highest BCUT2D eigenvalue weighted by atomic mass is 32.1. The number of nitrogens with zero attached hydrogens (tertiary/aromatic N) is 6. The van der Waals surface area contributed by atoms with Gasteiger partial charge < -0.3 is 10.2 Å². The number of anilines is 2. The van der Waals surface area contributed by atoms with Crippen molar-refractivity contribution in [3.8, 4) is 0 Å². The van der Waals surface area contributed by atoms with Crippen LogP contribution in [0.4, 0.5) is 11.6 Å². The molecule has 8 nitrogen and oxygen atoms in total. The van der Waals surface area contributed by atoms with Crippen LogP contribution < -0.4 is 5.32 Å². The van der Waals surface area contributed by atoms with Crippen LogP contribution in [0.5, 0.6) is 0 Å². The summed E-state index contributed by atoms with van der Waals surface area (Å²) in [6.45, 7) is 3.48. The van der Waals surface area contributed by atoms with Crippen molar-refractivity contribution in [3.63, 3.8) is 0 Å². The lowest BCUT2D eigenvalue weighted by Gasteiger charge is -2.32. The first kappa shape index (κ1) is 20.1. The van der Waals surface area contributed by atoms with Gasteiger partial charge in [-0.05, 0) is 38.2 Å². The van der Waals surface area contributed by atoms with E-state index in [1.807, 2.05) is 23.3 Å². The number of aryl methyl sites for hydroxylation is 1. The average molecular weight is 422 g/mol. The molecule has 1 amide bonds. The summed E-state index contributed by atoms with van der Waals surface area (Å²) in [4.78, 5) is 35.8. The molecule has 0 radical (unpaired) electrons. The molecular formula is C21H23N7OS. The summed E-state index contributed by atoms with van der Waals surface area (Å²) in [6.07, 6.45) is 12.8. The smallest absolute Gasteiger partial charge is 0.246 e. The topological polar surface area (TPSA) is 96.8 Å². The molecule has 154 valence electrons. The van der Waals surface area contributed by atoms with Crippen LogP contribution in [-0.4, -0.2) is 48.8 Å². The molecule has 0 unspecified atom stereocenters. The monoisotopic (exact) mass is 421 g/mol. The Hall–Kier alpha value is -3.20. The summed E-state index contributed by atoms with van der Waals surface area (Å²) >= 11 is 1.58. The normalized spacial score (nSPS) is 16.7. The van der Waals surface area contributed by atoms with Crippen molar-refractivity contribution in [2.24, 2.45) is 5.92 Å². The Morgan fingerprint density at radius 3 is 3.03 bits per heavy atom. The van der Waals surface area contributed by atoms with E-state index in [4.69, 9.17) is 0 Å². The lowest BCUT2D eigenvalue weighted by molar-refractivity contribution is -0.127. The molecule has 0 bridgehead atoms. The molecule has 3 aromatic rings. The second kappa shape index (κ2) is 9.53. The van der Waals surface area contributed by atoms with Crippen LogP contribution >= 0.6 is 11.3 Å². The Bertz CT molecular complexity index is 1020. The Balaban J connectivity index is 1.35. The average Bonchev–Trinajstić information content (AvgIpc) is 3.18. The van der Waals surface area contributed by atoms with Crippen molar-refractivity contribution < 1.29 is 4.79 Å². The number of hydrogen-bond acceptors (Lipinski definition) is 8. The molecular weight excluding hydrogens is 398 g/mol. The van der Waals surface area contributed by atoms with Gasteiger partial charge in [0.1, 0.15) is 18.0 Å². The van der Waals surface area contributed by atoms with Gasteiger partial charge >= 0.3 is 0 Å². The largest absolute Gasteiger partial charge is 0.339 e. The zero-order valence-electron chi connectivity index (χ0n) is 16.7. The van der Waals surface area contributed by atoms with Gasteiger partial charge in [-0.3, -0.25) is 9.78 Å². The summed E-state index contributed by atoms with van der Waals surface area (Å²) in [5.74, 6) is 1.74. The highest BCUT2D eigenvalue weighted by Gasteiger charge is 2.23. The standard InChI is InChI=1S/C21H23N7OS/c1-15-26-17(13-30-15)4-5-21(29)28-8-2-3-16(12-28)9-18-10-19(25-14-24-18)27-20-11-22-6-7-23-20/h4-7,10-11,13-14,16H,2-3,8-9,12H2,1H3,(H,23,24,25,27)/b5-4+/t16-/m1/s1. The van der Waals surface area contributed by atoms with Gasteiger partial charge in [0, 0.05) is 48.7 Å². The van der Waals surface area contributed by atoms with E-state index in [2.05, 4.69) is 30.2 Å². The van der Waals surface area contributed by atoms with Gasteiger partial charge in [-0.25, -0.2) is 19.9 Å². The third-order valence-electron chi connectivity index (χ3n) is 4.90. The van der Waals surface area contributed by atoms with E-state index in [0.29, 0.717) is 17.6 Å². The number of rotatable bonds is 6. The highest BCUT2D eigenvalue weighted by molar-refractivity contribution is 7.09. The van der Waals surface area contributed by atoms with E-state index in [1.165, 1.54) is 0 Å². The maximum atomic E-state index is 12.6. The fourth-order valence-electron chi connectivity index (χ4n) is 3.52. The van der Waals surface area contributed by atoms with Crippen LogP contribution in [-0.2, 0) is 11.2 Å². The van der Waals surface area contributed by atoms with Crippen molar-refractivity contribution in [2.45, 2.75) is 26.2 Å². The summed E-state index contributed by atoms with van der Waals surface area (Å²) in [5.41, 5.74) is 1.78. The first-order valence-electron chi connectivity index (χ1n) is 9.89. The van der Waals surface area contributed by atoms with Gasteiger partial charge in [0.15, 0.2) is 0 Å². The summed E-state index contributed by atoms with van der Waals surface area (Å²) in [5, 5.41) is 6.10. The summed E-state index contributed by atoms with van der Waals surface area (Å²) in [6, 6.07) is 1.93. The predicted molar refractivity (Wildman–Crippen MR) is 116 cm³/mol. The third kappa shape index (κ3) is 5.44. The fraction of sp³-hybridized carbons (Fsp3) is 0.333. The number of amides is 1. The fourth-order valence-corrected chi connectivity index (χ4v) is 4.10. The van der Waals surface area contributed by atoms with Gasteiger partial charge in [-0.1, -0.05) is 0 Å². The van der Waals surface area contributed by atoms with Crippen LogP contribution in [0.15, 0.2) is 42.4 Å². The Kier molecular flexibility index (Phi) is 6.38. The molecule has 0 saturated carbocycles. The maximum absolute atomic E-state index is 12.6. The molecule has 0 aliphatic carbocycles. The minimum atomic E-state index is 0.0399. The number of carbonyl (C=O) groups excluding carboxylic acids is 1. The molecule has 0 aromatic carbocycles. The third-order valence-corrected chi connectivity index (χ3v) is 5.70. The molecule has 1 N–H and O–H groups in total. The van der Waals surface area contributed by atoms with Crippen molar-refractivity contribution in [3.05, 3.63) is 58.8 Å². The molecule has 30 heavy (non-hydrogen) atoms. The van der Waals surface area contributed by atoms with E-state index in [9.17, 15) is 4.79 Å². The van der Waals surface area contributed by atoms with Crippen molar-refractivity contribution in [2.75, 3.05) is 18.4 Å². The van der Waals surface area contributed by atoms with Gasteiger partial charge in [0.05, 0.1) is 16.9 Å². The zero-order valence-corrected chi connectivity index (χ0v) is 17.5. The minimum Gasteiger partial charge on any atom is -0.339 e. The lowest BCUT2D eigenvalue weighted by atomic mass is 9.93. The molecule has 4 rings (SSSR count). The van der Waals surface area contributed by atoms with E-state index < -0.39 is 0 Å². The number of carbonyl (C=O) groups is 1. The molecule has 0 spiro atoms. The minimum absolute atomic E-state index is 0.0399. The molecule has 3 aromatic heterocycles. The molecule has 9 heteroatoms. The Morgan fingerprint density at radius 2 is 2.23 bits per heavy atom. The van der Waals surface area contributed by atoms with E-state index in [-0.39, 0.29) is 5.91 Å². The summed E-state index contributed by atoms with van der Waals surface area (Å²) in [7, 11) is 0. The number of piperidine rings is 1. The SMILES string of the molecule is Cc1nc(/C=C/C(=O)N2CCC[C@H](Cc3cc(Nc4cnccn4)ncn3)C2)cs1. The molecule has 4 heterocycles. The Labute approximate surface area is 179 Å². The quantitative estimate of drug-likeness (QED) is 0.610. The van der Waals surface area contributed by atoms with Crippen molar-refractivity contribution in [1.29, 1.82) is 0 Å². The molecule has 1 fully saturated rings. The van der Waals surface area contributed by atoms with E-state index in [0.717, 1.165) is 48.7 Å². The first-order chi connectivity index (χ1) is 14.7. The number of likely N-dealkylation sites (tertiary alicyclic amines) is 1. The molecule has 1 aliphatic rings. The van der Waals surface area contributed by atoms with E-state index >= 15 is 0 Å². The predicted octanol–water partition coefficient (Wildman–Crippen LogP) is 3.27. The van der Waals surface area contributed by atoms with Gasteiger partial charge in [-0.2, -0.15) is 0 Å². The molecule has 1 aliphatic heterocycles. The van der Waals surface area contributed by atoms with Crippen molar-refractivity contribution in [1.82, 2.24) is 29.8 Å². The maximum Gasteiger partial charge on any atom is 0.246 e. The first-order valence-corrected chi connectivity index (χ1v) is 10.8. The zero-order chi connectivity index (χ0) is 20.8. The van der Waals surface area contributed by atoms with Crippen LogP contribution in [0.25, 0.3) is 6.08 Å². The van der Waals surface area contributed by atoms with E-state index in [1.54, 1.807) is 48.4 Å². The summed E-state index contributed by atoms with van der Waals surface area (Å²) < 4.78 is 0. The second-order valence-corrected chi connectivity index (χ2v) is 8.29. The van der Waals surface area contributed by atoms with Crippen LogP contribution in [0, 0.1) is 12.8 Å². The highest BCUT2D eigenvalue weighted by Crippen LogP contribution is 2.22. The number of nitrogens with one attached hydrogen (secondary N) is 1.